The maximum Gasteiger partial charge on any atom is 0.342 e. The zero-order valence-electron chi connectivity index (χ0n) is 6.13. The Morgan fingerprint density at radius 1 is 1.50 bits per heavy atom. The predicted molar refractivity (Wildman–Crippen MR) is 45.4 cm³/mol. The summed E-state index contributed by atoms with van der Waals surface area (Å²) in [6, 6.07) is 5.12. The van der Waals surface area contributed by atoms with Crippen molar-refractivity contribution < 1.29 is 9.53 Å². The fourth-order valence-electron chi connectivity index (χ4n) is 1.13. The Morgan fingerprint density at radius 2 is 2.33 bits per heavy atom. The lowest BCUT2D eigenvalue weighted by Crippen LogP contribution is -2.20. The maximum atomic E-state index is 11.1. The Labute approximate surface area is 74.3 Å². The maximum absolute atomic E-state index is 11.1. The number of carbonyl (C=O) groups is 1. The number of nitrogens with one attached hydrogen (secondary N) is 1. The van der Waals surface area contributed by atoms with E-state index in [9.17, 15) is 4.79 Å². The Balaban J connectivity index is 2.59. The highest BCUT2D eigenvalue weighted by atomic mass is 35.5. The quantitative estimate of drug-likeness (QED) is 0.625. The molecule has 0 unspecified atom stereocenters. The summed E-state index contributed by atoms with van der Waals surface area (Å²) in [6.45, 7) is 0.190. The van der Waals surface area contributed by atoms with Gasteiger partial charge in [0.05, 0.1) is 16.3 Å². The number of rotatable bonds is 0. The highest BCUT2D eigenvalue weighted by molar-refractivity contribution is 6.34. The van der Waals surface area contributed by atoms with Gasteiger partial charge in [0.2, 0.25) is 0 Å². The summed E-state index contributed by atoms with van der Waals surface area (Å²) in [5.74, 6) is -0.328. The highest BCUT2D eigenvalue weighted by Gasteiger charge is 2.19. The Morgan fingerprint density at radius 3 is 3.08 bits per heavy atom. The number of esters is 1. The van der Waals surface area contributed by atoms with E-state index in [1.54, 1.807) is 18.2 Å². The lowest BCUT2D eigenvalue weighted by Gasteiger charge is -2.18. The van der Waals surface area contributed by atoms with Crippen molar-refractivity contribution in [3.63, 3.8) is 0 Å². The molecule has 0 spiro atoms. The number of para-hydroxylation sites is 1. The smallest absolute Gasteiger partial charge is 0.342 e. The van der Waals surface area contributed by atoms with Crippen LogP contribution in [0.4, 0.5) is 5.69 Å². The zero-order chi connectivity index (χ0) is 8.55. The summed E-state index contributed by atoms with van der Waals surface area (Å²) in [4.78, 5) is 11.1. The van der Waals surface area contributed by atoms with Gasteiger partial charge < -0.3 is 10.1 Å². The van der Waals surface area contributed by atoms with Crippen LogP contribution in [0.25, 0.3) is 0 Å². The molecule has 4 heteroatoms. The topological polar surface area (TPSA) is 38.3 Å². The van der Waals surface area contributed by atoms with Gasteiger partial charge in [-0.15, -0.1) is 0 Å². The Bertz CT molecular complexity index is 338. The van der Waals surface area contributed by atoms with Gasteiger partial charge in [-0.05, 0) is 12.1 Å². The van der Waals surface area contributed by atoms with Crippen LogP contribution < -0.4 is 5.32 Å². The first-order chi connectivity index (χ1) is 5.79. The second-order valence-corrected chi connectivity index (χ2v) is 2.82. The molecule has 0 fully saturated rings. The number of benzene rings is 1. The van der Waals surface area contributed by atoms with Crippen LogP contribution in [0.2, 0.25) is 5.02 Å². The number of hydrogen-bond acceptors (Lipinski definition) is 3. The second kappa shape index (κ2) is 2.68. The molecule has 62 valence electrons. The van der Waals surface area contributed by atoms with Crippen molar-refractivity contribution >= 4 is 23.3 Å². The number of anilines is 1. The first-order valence-corrected chi connectivity index (χ1v) is 3.86. The molecule has 0 aromatic heterocycles. The average molecular weight is 184 g/mol. The minimum atomic E-state index is -0.328. The third-order valence-electron chi connectivity index (χ3n) is 1.69. The number of fused-ring (bicyclic) bond motifs is 1. The van der Waals surface area contributed by atoms with Crippen molar-refractivity contribution in [1.82, 2.24) is 0 Å². The van der Waals surface area contributed by atoms with Gasteiger partial charge >= 0.3 is 5.97 Å². The standard InChI is InChI=1S/C8H6ClNO2/c9-6-3-1-2-5-7(6)10-4-12-8(5)11/h1-3,10H,4H2. The third kappa shape index (κ3) is 1.02. The monoisotopic (exact) mass is 183 g/mol. The van der Waals surface area contributed by atoms with Gasteiger partial charge in [0.1, 0.15) is 0 Å². The number of ether oxygens (including phenoxy) is 1. The predicted octanol–water partition coefficient (Wildman–Crippen LogP) is 1.88. The summed E-state index contributed by atoms with van der Waals surface area (Å²) >= 11 is 5.84. The van der Waals surface area contributed by atoms with Crippen molar-refractivity contribution in [3.8, 4) is 0 Å². The van der Waals surface area contributed by atoms with Gasteiger partial charge in [-0.25, -0.2) is 4.79 Å². The number of cyclic esters (lactones) is 1. The van der Waals surface area contributed by atoms with Crippen LogP contribution in [0, 0.1) is 0 Å². The van der Waals surface area contributed by atoms with E-state index in [1.807, 2.05) is 0 Å². The van der Waals surface area contributed by atoms with E-state index >= 15 is 0 Å². The van der Waals surface area contributed by atoms with E-state index in [2.05, 4.69) is 5.32 Å². The lowest BCUT2D eigenvalue weighted by atomic mass is 10.1. The number of hydrogen-bond donors (Lipinski definition) is 1. The minimum Gasteiger partial charge on any atom is -0.441 e. The molecule has 1 N–H and O–H groups in total. The summed E-state index contributed by atoms with van der Waals surface area (Å²) < 4.78 is 4.75. The van der Waals surface area contributed by atoms with Crippen molar-refractivity contribution in [1.29, 1.82) is 0 Å². The summed E-state index contributed by atoms with van der Waals surface area (Å²) in [7, 11) is 0. The molecule has 0 atom stereocenters. The van der Waals surface area contributed by atoms with E-state index in [0.717, 1.165) is 0 Å². The minimum absolute atomic E-state index is 0.190. The number of halogens is 1. The van der Waals surface area contributed by atoms with E-state index in [4.69, 9.17) is 16.3 Å². The number of carbonyl (C=O) groups excluding carboxylic acids is 1. The fourth-order valence-corrected chi connectivity index (χ4v) is 1.37. The van der Waals surface area contributed by atoms with Crippen LogP contribution in [0.15, 0.2) is 18.2 Å². The van der Waals surface area contributed by atoms with Crippen LogP contribution in [0.1, 0.15) is 10.4 Å². The van der Waals surface area contributed by atoms with E-state index in [-0.39, 0.29) is 12.7 Å². The first-order valence-electron chi connectivity index (χ1n) is 3.48. The van der Waals surface area contributed by atoms with Crippen molar-refractivity contribution in [2.45, 2.75) is 0 Å². The lowest BCUT2D eigenvalue weighted by molar-refractivity contribution is 0.0518. The molecule has 0 amide bonds. The molecule has 1 aliphatic rings. The molecule has 3 nitrogen and oxygen atoms in total. The van der Waals surface area contributed by atoms with Crippen LogP contribution in [0.5, 0.6) is 0 Å². The van der Waals surface area contributed by atoms with Gasteiger partial charge in [0, 0.05) is 0 Å². The molecule has 1 heterocycles. The van der Waals surface area contributed by atoms with Gasteiger partial charge in [-0.3, -0.25) is 0 Å². The van der Waals surface area contributed by atoms with Gasteiger partial charge in [0.25, 0.3) is 0 Å². The van der Waals surface area contributed by atoms with Crippen LogP contribution in [-0.4, -0.2) is 12.7 Å². The Kier molecular flexibility index (Phi) is 1.66. The van der Waals surface area contributed by atoms with E-state index < -0.39 is 0 Å². The van der Waals surface area contributed by atoms with Gasteiger partial charge in [-0.2, -0.15) is 0 Å². The first kappa shape index (κ1) is 7.43. The molecule has 0 radical (unpaired) electrons. The molecule has 12 heavy (non-hydrogen) atoms. The van der Waals surface area contributed by atoms with E-state index in [1.165, 1.54) is 0 Å². The molecule has 0 aliphatic carbocycles. The Hall–Kier alpha value is -1.22. The van der Waals surface area contributed by atoms with Crippen molar-refractivity contribution in [2.24, 2.45) is 0 Å². The van der Waals surface area contributed by atoms with Gasteiger partial charge in [0.15, 0.2) is 6.73 Å². The SMILES string of the molecule is O=C1OCNc2c(Cl)cccc21. The molecule has 0 bridgehead atoms. The van der Waals surface area contributed by atoms with Crippen LogP contribution >= 0.6 is 11.6 Å². The fraction of sp³-hybridized carbons (Fsp3) is 0.125. The van der Waals surface area contributed by atoms with Crippen molar-refractivity contribution in [3.05, 3.63) is 28.8 Å². The largest absolute Gasteiger partial charge is 0.441 e. The molecule has 2 rings (SSSR count). The molecule has 1 aliphatic heterocycles. The summed E-state index contributed by atoms with van der Waals surface area (Å²) in [6.07, 6.45) is 0. The normalized spacial score (nSPS) is 14.6. The summed E-state index contributed by atoms with van der Waals surface area (Å²) in [5, 5.41) is 3.43. The molecule has 0 saturated heterocycles. The van der Waals surface area contributed by atoms with Crippen LogP contribution in [0.3, 0.4) is 0 Å². The summed E-state index contributed by atoms with van der Waals surface area (Å²) in [5.41, 5.74) is 1.16. The van der Waals surface area contributed by atoms with Gasteiger partial charge in [-0.1, -0.05) is 17.7 Å². The molecule has 0 saturated carbocycles. The molecule has 1 aromatic rings. The molecular weight excluding hydrogens is 178 g/mol. The van der Waals surface area contributed by atoms with Crippen LogP contribution in [-0.2, 0) is 4.74 Å². The highest BCUT2D eigenvalue weighted by Crippen LogP contribution is 2.28. The third-order valence-corrected chi connectivity index (χ3v) is 2.00. The molecular formula is C8H6ClNO2. The zero-order valence-corrected chi connectivity index (χ0v) is 6.89. The average Bonchev–Trinajstić information content (AvgIpc) is 2.07. The molecule has 1 aromatic carbocycles. The second-order valence-electron chi connectivity index (χ2n) is 2.42. The van der Waals surface area contributed by atoms with E-state index in [0.29, 0.717) is 16.3 Å². The van der Waals surface area contributed by atoms with Crippen molar-refractivity contribution in [2.75, 3.05) is 12.0 Å².